The molecule has 0 unspecified atom stereocenters. The summed E-state index contributed by atoms with van der Waals surface area (Å²) in [6.07, 6.45) is 0.331. The molecular weight excluding hydrogens is 300 g/mol. The van der Waals surface area contributed by atoms with E-state index in [1.165, 1.54) is 24.3 Å². The van der Waals surface area contributed by atoms with Crippen molar-refractivity contribution < 1.29 is 23.9 Å². The number of ketones is 1. The van der Waals surface area contributed by atoms with Gasteiger partial charge in [-0.25, -0.2) is 0 Å². The fourth-order valence-corrected chi connectivity index (χ4v) is 2.25. The molecule has 118 valence electrons. The Morgan fingerprint density at radius 1 is 1.22 bits per heavy atom. The van der Waals surface area contributed by atoms with Crippen molar-refractivity contribution in [1.82, 2.24) is 0 Å². The molecule has 7 nitrogen and oxygen atoms in total. The number of amides is 2. The lowest BCUT2D eigenvalue weighted by atomic mass is 9.98. The van der Waals surface area contributed by atoms with Crippen LogP contribution in [0, 0.1) is 17.2 Å². The normalized spacial score (nSPS) is 15.2. The average molecular weight is 314 g/mol. The number of hydrogen-bond acceptors (Lipinski definition) is 6. The molecule has 1 aromatic carbocycles. The molecule has 1 fully saturated rings. The topological polar surface area (TPSA) is 105 Å². The van der Waals surface area contributed by atoms with E-state index in [0.717, 1.165) is 4.90 Å². The first-order chi connectivity index (χ1) is 11.0. The van der Waals surface area contributed by atoms with Gasteiger partial charge in [0.15, 0.2) is 5.78 Å². The summed E-state index contributed by atoms with van der Waals surface area (Å²) >= 11 is 0. The number of ether oxygens (including phenoxy) is 1. The Balaban J connectivity index is 2.20. The Hall–Kier alpha value is -3.01. The number of hydrogen-bond donors (Lipinski definition) is 0. The first-order valence-corrected chi connectivity index (χ1v) is 7.06. The highest BCUT2D eigenvalue weighted by atomic mass is 16.5. The zero-order valence-electron chi connectivity index (χ0n) is 12.4. The Morgan fingerprint density at radius 3 is 2.26 bits per heavy atom. The molecular formula is C16H14N2O5. The third kappa shape index (κ3) is 3.26. The summed E-state index contributed by atoms with van der Waals surface area (Å²) in [6, 6.07) is 7.25. The number of benzene rings is 1. The lowest BCUT2D eigenvalue weighted by molar-refractivity contribution is -0.144. The van der Waals surface area contributed by atoms with Crippen molar-refractivity contribution in [2.45, 2.75) is 19.8 Å². The summed E-state index contributed by atoms with van der Waals surface area (Å²) in [5, 5.41) is 8.98. The summed E-state index contributed by atoms with van der Waals surface area (Å²) in [7, 11) is 0. The van der Waals surface area contributed by atoms with Crippen molar-refractivity contribution in [3.8, 4) is 6.07 Å². The molecule has 1 aliphatic heterocycles. The zero-order chi connectivity index (χ0) is 17.0. The summed E-state index contributed by atoms with van der Waals surface area (Å²) < 4.78 is 4.69. The van der Waals surface area contributed by atoms with Gasteiger partial charge in [-0.2, -0.15) is 5.26 Å². The number of esters is 1. The second-order valence-corrected chi connectivity index (χ2v) is 4.85. The van der Waals surface area contributed by atoms with Crippen LogP contribution in [0.3, 0.4) is 0 Å². The first kappa shape index (κ1) is 16.4. The van der Waals surface area contributed by atoms with Crippen molar-refractivity contribution in [2.75, 3.05) is 11.5 Å². The molecule has 1 saturated heterocycles. The smallest absolute Gasteiger partial charge is 0.331 e. The minimum atomic E-state index is -1.53. The van der Waals surface area contributed by atoms with Gasteiger partial charge in [-0.05, 0) is 31.2 Å². The summed E-state index contributed by atoms with van der Waals surface area (Å²) in [5.74, 6) is -3.70. The Labute approximate surface area is 132 Å². The fourth-order valence-electron chi connectivity index (χ4n) is 2.25. The van der Waals surface area contributed by atoms with Gasteiger partial charge in [0.1, 0.15) is 0 Å². The molecule has 1 heterocycles. The van der Waals surface area contributed by atoms with Crippen LogP contribution in [0.5, 0.6) is 0 Å². The molecule has 0 radical (unpaired) electrons. The summed E-state index contributed by atoms with van der Waals surface area (Å²) in [5.41, 5.74) is 0.492. The zero-order valence-corrected chi connectivity index (χ0v) is 12.4. The minimum absolute atomic E-state index is 0.0718. The van der Waals surface area contributed by atoms with E-state index in [9.17, 15) is 19.2 Å². The van der Waals surface area contributed by atoms with Gasteiger partial charge in [0.25, 0.3) is 0 Å². The van der Waals surface area contributed by atoms with Gasteiger partial charge in [-0.3, -0.25) is 24.1 Å². The summed E-state index contributed by atoms with van der Waals surface area (Å²) in [4.78, 5) is 48.1. The van der Waals surface area contributed by atoms with Gasteiger partial charge in [-0.1, -0.05) is 0 Å². The van der Waals surface area contributed by atoms with Crippen LogP contribution in [0.4, 0.5) is 5.69 Å². The number of Topliss-reactive ketones (excluding diaryl/α,β-unsaturated/α-hetero) is 1. The number of nitriles is 1. The standard InChI is InChI=1S/C16H14N2O5/c1-2-23-16(22)12(9-17)15(21)10-3-5-11(6-4-10)18-13(19)7-8-14(18)20/h3-6,12H,2,7-8H2,1H3/t12-/m1/s1. The molecule has 0 bridgehead atoms. The average Bonchev–Trinajstić information content (AvgIpc) is 2.87. The van der Waals surface area contributed by atoms with Crippen molar-refractivity contribution in [3.63, 3.8) is 0 Å². The van der Waals surface area contributed by atoms with Gasteiger partial charge in [0.2, 0.25) is 17.7 Å². The number of nitrogens with zero attached hydrogens (tertiary/aromatic N) is 2. The lowest BCUT2D eigenvalue weighted by Crippen LogP contribution is -2.28. The number of imide groups is 1. The van der Waals surface area contributed by atoms with Crippen LogP contribution < -0.4 is 4.90 Å². The Bertz CT molecular complexity index is 686. The van der Waals surface area contributed by atoms with Gasteiger partial charge in [-0.15, -0.1) is 0 Å². The van der Waals surface area contributed by atoms with E-state index in [1.54, 1.807) is 13.0 Å². The van der Waals surface area contributed by atoms with Gasteiger partial charge in [0.05, 0.1) is 18.4 Å². The fraction of sp³-hybridized carbons (Fsp3) is 0.312. The van der Waals surface area contributed by atoms with Gasteiger partial charge in [0, 0.05) is 18.4 Å². The van der Waals surface area contributed by atoms with E-state index in [1.807, 2.05) is 0 Å². The van der Waals surface area contributed by atoms with Crippen LogP contribution in [-0.4, -0.2) is 30.2 Å². The molecule has 0 aliphatic carbocycles. The molecule has 1 aromatic rings. The maximum Gasteiger partial charge on any atom is 0.331 e. The van der Waals surface area contributed by atoms with Crippen molar-refractivity contribution in [2.24, 2.45) is 5.92 Å². The van der Waals surface area contributed by atoms with Crippen LogP contribution in [0.15, 0.2) is 24.3 Å². The second kappa shape index (κ2) is 6.83. The van der Waals surface area contributed by atoms with Crippen LogP contribution >= 0.6 is 0 Å². The highest BCUT2D eigenvalue weighted by molar-refractivity contribution is 6.20. The van der Waals surface area contributed by atoms with E-state index in [4.69, 9.17) is 10.00 Å². The molecule has 7 heteroatoms. The number of anilines is 1. The highest BCUT2D eigenvalue weighted by Crippen LogP contribution is 2.23. The molecule has 2 rings (SSSR count). The molecule has 1 atom stereocenters. The van der Waals surface area contributed by atoms with E-state index in [0.29, 0.717) is 5.69 Å². The molecule has 2 amide bonds. The molecule has 0 spiro atoms. The van der Waals surface area contributed by atoms with Crippen LogP contribution in [0.2, 0.25) is 0 Å². The molecule has 1 aliphatic rings. The quantitative estimate of drug-likeness (QED) is 0.350. The van der Waals surface area contributed by atoms with Crippen LogP contribution in [0.25, 0.3) is 0 Å². The third-order valence-corrected chi connectivity index (χ3v) is 3.38. The molecule has 0 saturated carbocycles. The van der Waals surface area contributed by atoms with Crippen molar-refractivity contribution in [3.05, 3.63) is 29.8 Å². The minimum Gasteiger partial charge on any atom is -0.465 e. The van der Waals surface area contributed by atoms with Crippen molar-refractivity contribution >= 4 is 29.3 Å². The third-order valence-electron chi connectivity index (χ3n) is 3.38. The number of carbonyl (C=O) groups excluding carboxylic acids is 4. The lowest BCUT2D eigenvalue weighted by Gasteiger charge is -2.14. The van der Waals surface area contributed by atoms with E-state index >= 15 is 0 Å². The first-order valence-electron chi connectivity index (χ1n) is 7.06. The SMILES string of the molecule is CCOC(=O)[C@H](C#N)C(=O)c1ccc(N2C(=O)CCC2=O)cc1. The molecule has 23 heavy (non-hydrogen) atoms. The van der Waals surface area contributed by atoms with Gasteiger partial charge < -0.3 is 4.74 Å². The highest BCUT2D eigenvalue weighted by Gasteiger charge is 2.31. The van der Waals surface area contributed by atoms with E-state index in [2.05, 4.69) is 0 Å². The predicted molar refractivity (Wildman–Crippen MR) is 78.2 cm³/mol. The molecule has 0 aromatic heterocycles. The monoisotopic (exact) mass is 314 g/mol. The maximum absolute atomic E-state index is 12.2. The predicted octanol–water partition coefficient (Wildman–Crippen LogP) is 1.23. The number of carbonyl (C=O) groups is 4. The summed E-state index contributed by atoms with van der Waals surface area (Å²) in [6.45, 7) is 1.65. The maximum atomic E-state index is 12.2. The largest absolute Gasteiger partial charge is 0.465 e. The van der Waals surface area contributed by atoms with Crippen LogP contribution in [0.1, 0.15) is 30.1 Å². The van der Waals surface area contributed by atoms with E-state index in [-0.39, 0.29) is 36.8 Å². The number of rotatable bonds is 5. The second-order valence-electron chi connectivity index (χ2n) is 4.85. The van der Waals surface area contributed by atoms with Crippen molar-refractivity contribution in [1.29, 1.82) is 5.26 Å². The Kier molecular flexibility index (Phi) is 4.86. The Morgan fingerprint density at radius 2 is 1.78 bits per heavy atom. The van der Waals surface area contributed by atoms with Gasteiger partial charge >= 0.3 is 5.97 Å². The van der Waals surface area contributed by atoms with E-state index < -0.39 is 17.7 Å². The molecule has 0 N–H and O–H groups in total. The van der Waals surface area contributed by atoms with Crippen LogP contribution in [-0.2, 0) is 19.1 Å².